The van der Waals surface area contributed by atoms with E-state index in [0.29, 0.717) is 17.5 Å². The third-order valence-electron chi connectivity index (χ3n) is 2.85. The number of benzene rings is 2. The number of ether oxygens (including phenoxy) is 1. The van der Waals surface area contributed by atoms with Crippen molar-refractivity contribution in [3.8, 4) is 5.75 Å². The number of nitrogens with two attached hydrogens (primary N) is 1. The molecule has 0 aliphatic carbocycles. The van der Waals surface area contributed by atoms with E-state index in [2.05, 4.69) is 11.9 Å². The van der Waals surface area contributed by atoms with Crippen LogP contribution in [0.1, 0.15) is 13.3 Å². The van der Waals surface area contributed by atoms with Crippen molar-refractivity contribution in [3.05, 3.63) is 42.5 Å². The molecule has 0 fully saturated rings. The van der Waals surface area contributed by atoms with Gasteiger partial charge in [-0.05, 0) is 42.4 Å². The van der Waals surface area contributed by atoms with Gasteiger partial charge in [-0.2, -0.15) is 0 Å². The van der Waals surface area contributed by atoms with Gasteiger partial charge >= 0.3 is 0 Å². The van der Waals surface area contributed by atoms with E-state index in [1.54, 1.807) is 0 Å². The summed E-state index contributed by atoms with van der Waals surface area (Å²) in [4.78, 5) is 5.40. The molecule has 0 unspecified atom stereocenters. The number of nitrogen functional groups attached to an aromatic ring is 1. The van der Waals surface area contributed by atoms with Crippen LogP contribution < -0.4 is 10.5 Å². The summed E-state index contributed by atoms with van der Waals surface area (Å²) in [5, 5.41) is 0.600. The maximum atomic E-state index is 5.92. The molecule has 0 aliphatic heterocycles. The summed E-state index contributed by atoms with van der Waals surface area (Å²) in [6.45, 7) is 2.75. The zero-order valence-corrected chi connectivity index (χ0v) is 12.5. The quantitative estimate of drug-likeness (QED) is 0.710. The number of fused-ring (bicyclic) bond motifs is 1. The fourth-order valence-electron chi connectivity index (χ4n) is 1.95. The van der Waals surface area contributed by atoms with Gasteiger partial charge in [-0.1, -0.05) is 19.1 Å². The topological polar surface area (TPSA) is 61.3 Å². The van der Waals surface area contributed by atoms with E-state index in [4.69, 9.17) is 14.9 Å². The third-order valence-corrected chi connectivity index (χ3v) is 3.68. The molecule has 2 aromatic carbocycles. The minimum Gasteiger partial charge on any atom is -0.493 e. The molecule has 2 N–H and O–H groups in total. The molecule has 0 amide bonds. The lowest BCUT2D eigenvalue weighted by atomic mass is 10.3. The van der Waals surface area contributed by atoms with Gasteiger partial charge in [0.2, 0.25) is 0 Å². The highest BCUT2D eigenvalue weighted by molar-refractivity contribution is 7.99. The summed E-state index contributed by atoms with van der Waals surface area (Å²) in [5.41, 5.74) is 8.22. The largest absolute Gasteiger partial charge is 0.493 e. The van der Waals surface area contributed by atoms with Crippen LogP contribution in [0, 0.1) is 0 Å². The highest BCUT2D eigenvalue weighted by atomic mass is 32.2. The van der Waals surface area contributed by atoms with Crippen LogP contribution in [0.5, 0.6) is 5.75 Å². The minimum absolute atomic E-state index is 0.600. The molecule has 21 heavy (non-hydrogen) atoms. The van der Waals surface area contributed by atoms with Crippen LogP contribution in [-0.2, 0) is 0 Å². The summed E-state index contributed by atoms with van der Waals surface area (Å²) in [5.74, 6) is 0.774. The molecule has 1 heterocycles. The standard InChI is InChI=1S/C16H16N2O2S/c1-2-7-19-12-8-11(17)9-13(10-12)21-16-18-14-5-3-4-6-15(14)20-16/h3-6,8-10H,2,7,17H2,1H3. The summed E-state index contributed by atoms with van der Waals surface area (Å²) >= 11 is 1.44. The number of anilines is 1. The number of rotatable bonds is 5. The fraction of sp³-hybridized carbons (Fsp3) is 0.188. The zero-order valence-electron chi connectivity index (χ0n) is 11.7. The van der Waals surface area contributed by atoms with E-state index in [0.717, 1.165) is 28.2 Å². The number of nitrogens with zero attached hydrogens (tertiary/aromatic N) is 1. The first-order chi connectivity index (χ1) is 10.2. The Morgan fingerprint density at radius 2 is 2.10 bits per heavy atom. The van der Waals surface area contributed by atoms with Crippen molar-refractivity contribution in [1.82, 2.24) is 4.98 Å². The average molecular weight is 300 g/mol. The monoisotopic (exact) mass is 300 g/mol. The van der Waals surface area contributed by atoms with Gasteiger partial charge in [0, 0.05) is 16.6 Å². The zero-order chi connectivity index (χ0) is 14.7. The van der Waals surface area contributed by atoms with Crippen LogP contribution in [0.25, 0.3) is 11.1 Å². The molecular weight excluding hydrogens is 284 g/mol. The van der Waals surface area contributed by atoms with Crippen molar-refractivity contribution in [2.45, 2.75) is 23.5 Å². The van der Waals surface area contributed by atoms with Crippen LogP contribution in [-0.4, -0.2) is 11.6 Å². The molecule has 108 valence electrons. The molecular formula is C16H16N2O2S. The van der Waals surface area contributed by atoms with Gasteiger partial charge in [-0.15, -0.1) is 0 Å². The fourth-order valence-corrected chi connectivity index (χ4v) is 2.80. The Morgan fingerprint density at radius 1 is 1.24 bits per heavy atom. The van der Waals surface area contributed by atoms with Gasteiger partial charge in [0.15, 0.2) is 5.58 Å². The first-order valence-electron chi connectivity index (χ1n) is 6.81. The molecule has 0 radical (unpaired) electrons. The summed E-state index contributed by atoms with van der Waals surface area (Å²) in [6.07, 6.45) is 0.961. The van der Waals surface area contributed by atoms with E-state index in [1.165, 1.54) is 11.8 Å². The Hall–Kier alpha value is -2.14. The minimum atomic E-state index is 0.600. The molecule has 4 nitrogen and oxygen atoms in total. The van der Waals surface area contributed by atoms with Crippen molar-refractivity contribution < 1.29 is 9.15 Å². The normalized spacial score (nSPS) is 10.9. The van der Waals surface area contributed by atoms with Crippen LogP contribution in [0.15, 0.2) is 57.0 Å². The lowest BCUT2D eigenvalue weighted by molar-refractivity contribution is 0.317. The smallest absolute Gasteiger partial charge is 0.261 e. The number of hydrogen-bond acceptors (Lipinski definition) is 5. The molecule has 5 heteroatoms. The predicted octanol–water partition coefficient (Wildman–Crippen LogP) is 4.35. The number of hydrogen-bond donors (Lipinski definition) is 1. The molecule has 3 rings (SSSR count). The van der Waals surface area contributed by atoms with Gasteiger partial charge in [-0.3, -0.25) is 0 Å². The Labute approximate surface area is 127 Å². The molecule has 1 aromatic heterocycles. The Bertz CT molecular complexity index is 722. The van der Waals surface area contributed by atoms with Gasteiger partial charge in [-0.25, -0.2) is 4.98 Å². The SMILES string of the molecule is CCCOc1cc(N)cc(Sc2nc3ccccc3o2)c1. The lowest BCUT2D eigenvalue weighted by Gasteiger charge is -2.07. The molecule has 0 saturated heterocycles. The van der Waals surface area contributed by atoms with E-state index in [9.17, 15) is 0 Å². The maximum absolute atomic E-state index is 5.92. The van der Waals surface area contributed by atoms with E-state index in [-0.39, 0.29) is 0 Å². The summed E-state index contributed by atoms with van der Waals surface area (Å²) in [6, 6.07) is 13.4. The Morgan fingerprint density at radius 3 is 2.90 bits per heavy atom. The Kier molecular flexibility index (Phi) is 4.01. The third kappa shape index (κ3) is 3.31. The lowest BCUT2D eigenvalue weighted by Crippen LogP contribution is -1.96. The van der Waals surface area contributed by atoms with Gasteiger partial charge in [0.05, 0.1) is 6.61 Å². The highest BCUT2D eigenvalue weighted by Gasteiger charge is 2.08. The van der Waals surface area contributed by atoms with Crippen molar-refractivity contribution in [1.29, 1.82) is 0 Å². The van der Waals surface area contributed by atoms with Crippen LogP contribution in [0.3, 0.4) is 0 Å². The van der Waals surface area contributed by atoms with Crippen molar-refractivity contribution in [3.63, 3.8) is 0 Å². The van der Waals surface area contributed by atoms with Crippen molar-refractivity contribution in [2.75, 3.05) is 12.3 Å². The van der Waals surface area contributed by atoms with E-state index < -0.39 is 0 Å². The molecule has 0 saturated carbocycles. The summed E-state index contributed by atoms with van der Waals surface area (Å²) < 4.78 is 11.3. The first-order valence-corrected chi connectivity index (χ1v) is 7.63. The molecule has 0 aliphatic rings. The summed E-state index contributed by atoms with van der Waals surface area (Å²) in [7, 11) is 0. The van der Waals surface area contributed by atoms with Crippen LogP contribution >= 0.6 is 11.8 Å². The van der Waals surface area contributed by atoms with Gasteiger partial charge in [0.25, 0.3) is 5.22 Å². The molecule has 3 aromatic rings. The number of aromatic nitrogens is 1. The molecule has 0 bridgehead atoms. The maximum Gasteiger partial charge on any atom is 0.261 e. The van der Waals surface area contributed by atoms with Crippen LogP contribution in [0.2, 0.25) is 0 Å². The molecule has 0 spiro atoms. The van der Waals surface area contributed by atoms with Crippen molar-refractivity contribution >= 4 is 28.5 Å². The van der Waals surface area contributed by atoms with E-state index in [1.807, 2.05) is 42.5 Å². The predicted molar refractivity (Wildman–Crippen MR) is 84.8 cm³/mol. The average Bonchev–Trinajstić information content (AvgIpc) is 2.86. The van der Waals surface area contributed by atoms with Gasteiger partial charge < -0.3 is 14.9 Å². The van der Waals surface area contributed by atoms with Gasteiger partial charge in [0.1, 0.15) is 11.3 Å². The second-order valence-corrected chi connectivity index (χ2v) is 5.66. The second-order valence-electron chi connectivity index (χ2n) is 4.64. The van der Waals surface area contributed by atoms with E-state index >= 15 is 0 Å². The first kappa shape index (κ1) is 13.8. The second kappa shape index (κ2) is 6.10. The Balaban J connectivity index is 1.84. The van der Waals surface area contributed by atoms with Crippen LogP contribution in [0.4, 0.5) is 5.69 Å². The molecule has 0 atom stereocenters. The van der Waals surface area contributed by atoms with Crippen molar-refractivity contribution in [2.24, 2.45) is 0 Å². The number of para-hydroxylation sites is 2. The highest BCUT2D eigenvalue weighted by Crippen LogP contribution is 2.33. The number of oxazole rings is 1.